The predicted molar refractivity (Wildman–Crippen MR) is 169 cm³/mol. The summed E-state index contributed by atoms with van der Waals surface area (Å²) in [6.45, 7) is 3.25. The maximum absolute atomic E-state index is 14.6. The zero-order chi connectivity index (χ0) is 31.8. The van der Waals surface area contributed by atoms with Crippen LogP contribution >= 0.6 is 11.6 Å². The predicted octanol–water partition coefficient (Wildman–Crippen LogP) is 5.49. The summed E-state index contributed by atoms with van der Waals surface area (Å²) < 4.78 is 32.2. The number of nitrogens with zero attached hydrogens (tertiary/aromatic N) is 2. The summed E-state index contributed by atoms with van der Waals surface area (Å²) in [4.78, 5) is 32.7. The molecule has 4 aromatic rings. The number of aliphatic carboxylic acids is 1. The quantitative estimate of drug-likeness (QED) is 0.217. The molecule has 3 atom stereocenters. The zero-order valence-electron chi connectivity index (χ0n) is 24.4. The number of amides is 1. The van der Waals surface area contributed by atoms with Gasteiger partial charge in [0, 0.05) is 23.8 Å². The minimum atomic E-state index is -3.80. The average Bonchev–Trinajstić information content (AvgIpc) is 3.45. The summed E-state index contributed by atoms with van der Waals surface area (Å²) in [6, 6.07) is 16.5. The maximum Gasteiger partial charge on any atom is 0.309 e. The maximum atomic E-state index is 14.6. The third kappa shape index (κ3) is 5.77. The van der Waals surface area contributed by atoms with E-state index in [1.807, 2.05) is 6.07 Å². The van der Waals surface area contributed by atoms with Gasteiger partial charge in [0.1, 0.15) is 17.6 Å². The lowest BCUT2D eigenvalue weighted by atomic mass is 9.93. The van der Waals surface area contributed by atoms with Crippen LogP contribution in [0.1, 0.15) is 43.5 Å². The minimum Gasteiger partial charge on any atom is -0.495 e. The summed E-state index contributed by atoms with van der Waals surface area (Å²) in [5.74, 6) is -1.83. The molecular formula is C32H33ClN4O6S. The number of ether oxygens (including phenoxy) is 1. The molecule has 5 rings (SSSR count). The highest BCUT2D eigenvalue weighted by Crippen LogP contribution is 2.43. The van der Waals surface area contributed by atoms with Crippen molar-refractivity contribution in [3.63, 3.8) is 0 Å². The van der Waals surface area contributed by atoms with Crippen molar-refractivity contribution in [3.8, 4) is 5.75 Å². The smallest absolute Gasteiger partial charge is 0.309 e. The monoisotopic (exact) mass is 636 g/mol. The number of nitrogen functional groups attached to an aromatic ring is 1. The molecule has 0 unspecified atom stereocenters. The van der Waals surface area contributed by atoms with Crippen molar-refractivity contribution in [2.24, 2.45) is 5.92 Å². The van der Waals surface area contributed by atoms with Gasteiger partial charge in [0.15, 0.2) is 9.84 Å². The van der Waals surface area contributed by atoms with Gasteiger partial charge in [-0.15, -0.1) is 0 Å². The molecule has 1 amide bonds. The Morgan fingerprint density at radius 2 is 1.86 bits per heavy atom. The van der Waals surface area contributed by atoms with Crippen molar-refractivity contribution in [2.45, 2.75) is 42.5 Å². The van der Waals surface area contributed by atoms with Crippen molar-refractivity contribution in [1.29, 1.82) is 0 Å². The number of sulfone groups is 1. The van der Waals surface area contributed by atoms with E-state index in [2.05, 4.69) is 10.3 Å². The highest BCUT2D eigenvalue weighted by Gasteiger charge is 2.46. The number of carboxylic acid groups (broad SMARTS) is 1. The molecular weight excluding hydrogens is 604 g/mol. The van der Waals surface area contributed by atoms with Crippen LogP contribution in [-0.2, 0) is 19.4 Å². The fourth-order valence-electron chi connectivity index (χ4n) is 5.69. The molecule has 0 aliphatic carbocycles. The van der Waals surface area contributed by atoms with Crippen molar-refractivity contribution in [1.82, 2.24) is 9.88 Å². The van der Waals surface area contributed by atoms with Crippen molar-refractivity contribution in [3.05, 3.63) is 89.1 Å². The summed E-state index contributed by atoms with van der Waals surface area (Å²) in [5, 5.41) is 14.7. The van der Waals surface area contributed by atoms with Crippen LogP contribution in [0.2, 0.25) is 5.02 Å². The van der Waals surface area contributed by atoms with Crippen molar-refractivity contribution in [2.75, 3.05) is 24.7 Å². The van der Waals surface area contributed by atoms with Crippen LogP contribution in [0.4, 0.5) is 11.5 Å². The first-order valence-corrected chi connectivity index (χ1v) is 16.0. The molecule has 0 bridgehead atoms. The molecule has 0 spiro atoms. The molecule has 1 aliphatic heterocycles. The number of pyridine rings is 1. The normalized spacial score (nSPS) is 17.5. The fraction of sp³-hybridized carbons (Fsp3) is 0.281. The van der Waals surface area contributed by atoms with Gasteiger partial charge in [0.25, 0.3) is 0 Å². The van der Waals surface area contributed by atoms with Gasteiger partial charge in [0.05, 0.1) is 34.2 Å². The largest absolute Gasteiger partial charge is 0.495 e. The molecule has 1 aromatic heterocycles. The number of carbonyl (C=O) groups is 2. The molecule has 4 N–H and O–H groups in total. The third-order valence-corrected chi connectivity index (χ3v) is 10.6. The van der Waals surface area contributed by atoms with E-state index < -0.39 is 45.0 Å². The summed E-state index contributed by atoms with van der Waals surface area (Å²) in [6.07, 6.45) is 1.75. The zero-order valence-corrected chi connectivity index (χ0v) is 26.0. The van der Waals surface area contributed by atoms with Gasteiger partial charge in [-0.25, -0.2) is 13.4 Å². The van der Waals surface area contributed by atoms with E-state index in [0.29, 0.717) is 27.8 Å². The highest BCUT2D eigenvalue weighted by atomic mass is 35.5. The van der Waals surface area contributed by atoms with Gasteiger partial charge in [0.2, 0.25) is 5.91 Å². The second kappa shape index (κ2) is 12.3. The first-order chi connectivity index (χ1) is 20.9. The molecule has 44 heavy (non-hydrogen) atoms. The van der Waals surface area contributed by atoms with E-state index in [4.69, 9.17) is 22.1 Å². The number of aromatic nitrogens is 1. The molecule has 3 aromatic carbocycles. The van der Waals surface area contributed by atoms with E-state index in [9.17, 15) is 23.1 Å². The molecule has 0 saturated carbocycles. The molecule has 10 nitrogen and oxygen atoms in total. The van der Waals surface area contributed by atoms with E-state index in [1.54, 1.807) is 74.6 Å². The second-order valence-electron chi connectivity index (χ2n) is 10.9. The summed E-state index contributed by atoms with van der Waals surface area (Å²) in [5.41, 5.74) is 7.43. The molecule has 2 heterocycles. The average molecular weight is 637 g/mol. The van der Waals surface area contributed by atoms with Crippen molar-refractivity contribution < 1.29 is 27.9 Å². The summed E-state index contributed by atoms with van der Waals surface area (Å²) >= 11 is 6.31. The van der Waals surface area contributed by atoms with E-state index in [0.717, 1.165) is 10.8 Å². The lowest BCUT2D eigenvalue weighted by Gasteiger charge is -2.33. The molecule has 1 saturated heterocycles. The van der Waals surface area contributed by atoms with Crippen LogP contribution in [0, 0.1) is 5.92 Å². The Hall–Kier alpha value is -4.35. The number of anilines is 2. The van der Waals surface area contributed by atoms with E-state index in [1.165, 1.54) is 18.1 Å². The molecule has 230 valence electrons. The third-order valence-electron chi connectivity index (χ3n) is 8.02. The van der Waals surface area contributed by atoms with Crippen LogP contribution in [-0.4, -0.2) is 54.2 Å². The Kier molecular flexibility index (Phi) is 8.71. The Bertz CT molecular complexity index is 1850. The highest BCUT2D eigenvalue weighted by molar-refractivity contribution is 7.92. The Morgan fingerprint density at radius 3 is 2.57 bits per heavy atom. The van der Waals surface area contributed by atoms with E-state index >= 15 is 0 Å². The van der Waals surface area contributed by atoms with Crippen molar-refractivity contribution >= 4 is 55.6 Å². The Morgan fingerprint density at radius 1 is 1.11 bits per heavy atom. The molecule has 0 radical (unpaired) electrons. The number of fused-ring (bicyclic) bond motifs is 1. The number of halogens is 1. The SMILES string of the molecule is COc1cc([C@@H](Nc2ccc3c(N)nccc3c2)C(=O)N2CC[C@H](C(=O)O)[C@@H]2c2ccccc2S(=O)(=O)C(C)C)ccc1Cl. The van der Waals surface area contributed by atoms with Crippen LogP contribution in [0.3, 0.4) is 0 Å². The number of benzene rings is 3. The number of methoxy groups -OCH3 is 1. The summed E-state index contributed by atoms with van der Waals surface area (Å²) in [7, 11) is -2.33. The van der Waals surface area contributed by atoms with Gasteiger partial charge < -0.3 is 25.8 Å². The van der Waals surface area contributed by atoms with E-state index in [-0.39, 0.29) is 23.4 Å². The fourth-order valence-corrected chi connectivity index (χ4v) is 7.18. The molecule has 12 heteroatoms. The van der Waals surface area contributed by atoms with Crippen LogP contribution < -0.4 is 15.8 Å². The number of nitrogens with one attached hydrogen (secondary N) is 1. The molecule has 1 fully saturated rings. The minimum absolute atomic E-state index is 0.0179. The second-order valence-corrected chi connectivity index (χ2v) is 13.8. The van der Waals surface area contributed by atoms with Crippen LogP contribution in [0.15, 0.2) is 77.8 Å². The number of rotatable bonds is 9. The lowest BCUT2D eigenvalue weighted by Crippen LogP contribution is -2.40. The van der Waals surface area contributed by atoms with Crippen LogP contribution in [0.25, 0.3) is 10.8 Å². The number of hydrogen-bond donors (Lipinski definition) is 3. The van der Waals surface area contributed by atoms with Gasteiger partial charge >= 0.3 is 5.97 Å². The number of carbonyl (C=O) groups excluding carboxylic acids is 1. The molecule has 1 aliphatic rings. The standard InChI is InChI=1S/C32H33ClN4O6S/c1-18(2)44(41,42)27-7-5-4-6-23(27)29-24(32(39)40)13-15-37(29)31(38)28(20-8-11-25(33)26(17-20)43-3)36-21-9-10-22-19(16-21)12-14-35-30(22)34/h4-12,14,16-18,24,28-29,36H,13,15H2,1-3H3,(H2,34,35)(H,39,40)/t24-,28+,29-/m0/s1. The van der Waals surface area contributed by atoms with Gasteiger partial charge in [-0.05, 0) is 79.2 Å². The Balaban J connectivity index is 1.63. The van der Waals surface area contributed by atoms with Gasteiger partial charge in [-0.3, -0.25) is 9.59 Å². The first-order valence-electron chi connectivity index (χ1n) is 14.0. The lowest BCUT2D eigenvalue weighted by molar-refractivity contribution is -0.143. The first kappa shape index (κ1) is 31.1. The number of likely N-dealkylation sites (tertiary alicyclic amines) is 1. The number of hydrogen-bond acceptors (Lipinski definition) is 8. The van der Waals surface area contributed by atoms with Gasteiger partial charge in [-0.2, -0.15) is 0 Å². The number of carboxylic acids is 1. The van der Waals surface area contributed by atoms with Crippen LogP contribution in [0.5, 0.6) is 5.75 Å². The Labute approximate surface area is 260 Å². The number of nitrogens with two attached hydrogens (primary N) is 1. The topological polar surface area (TPSA) is 152 Å². The van der Waals surface area contributed by atoms with Gasteiger partial charge in [-0.1, -0.05) is 35.9 Å².